The summed E-state index contributed by atoms with van der Waals surface area (Å²) in [7, 11) is 0. The molecule has 286 valence electrons. The van der Waals surface area contributed by atoms with Gasteiger partial charge in [-0.05, 0) is 89.1 Å². The minimum Gasteiger partial charge on any atom is -0.460 e. The number of aryl methyl sites for hydroxylation is 2. The van der Waals surface area contributed by atoms with Crippen molar-refractivity contribution in [1.29, 1.82) is 0 Å². The van der Waals surface area contributed by atoms with Crippen LogP contribution in [0, 0.1) is 13.8 Å². The van der Waals surface area contributed by atoms with E-state index in [4.69, 9.17) is 28.9 Å². The fraction of sp³-hybridized carbons (Fsp3) is 0.500. The molecule has 0 radical (unpaired) electrons. The summed E-state index contributed by atoms with van der Waals surface area (Å²) in [5.74, 6) is -1.83. The van der Waals surface area contributed by atoms with Crippen LogP contribution in [0.4, 0.5) is 0 Å². The van der Waals surface area contributed by atoms with Gasteiger partial charge in [-0.15, -0.1) is 0 Å². The normalized spacial score (nSPS) is 32.7. The third-order valence-electron chi connectivity index (χ3n) is 11.5. The Bertz CT molecular complexity index is 2230. The van der Waals surface area contributed by atoms with Crippen molar-refractivity contribution in [1.82, 2.24) is 19.9 Å². The number of Topliss-reactive ketones (excluding diaryl/α,β-unsaturated/α-hetero) is 2. The number of hydrogen-bond acceptors (Lipinski definition) is 12. The zero-order valence-electron chi connectivity index (χ0n) is 31.6. The maximum absolute atomic E-state index is 14.7. The van der Waals surface area contributed by atoms with E-state index >= 15 is 0 Å². The van der Waals surface area contributed by atoms with Crippen molar-refractivity contribution in [2.45, 2.75) is 128 Å². The minimum absolute atomic E-state index is 0.0804. The van der Waals surface area contributed by atoms with Crippen LogP contribution in [0.3, 0.4) is 0 Å². The lowest BCUT2D eigenvalue weighted by Crippen LogP contribution is -2.57. The number of nitrogens with zero attached hydrogens (tertiary/aromatic N) is 2. The van der Waals surface area contributed by atoms with Crippen LogP contribution in [0.2, 0.25) is 0 Å². The summed E-state index contributed by atoms with van der Waals surface area (Å²) in [5.41, 5.74) is 2.05. The molecule has 10 atom stereocenters. The molecule has 0 saturated carbocycles. The average molecular weight is 743 g/mol. The molecule has 0 aliphatic carbocycles. The lowest BCUT2D eigenvalue weighted by molar-refractivity contribution is -0.197. The Morgan fingerprint density at radius 1 is 0.704 bits per heavy atom. The summed E-state index contributed by atoms with van der Waals surface area (Å²) >= 11 is 0. The van der Waals surface area contributed by atoms with Gasteiger partial charge in [-0.2, -0.15) is 0 Å². The van der Waals surface area contributed by atoms with Gasteiger partial charge in [0.2, 0.25) is 0 Å². The van der Waals surface area contributed by atoms with Gasteiger partial charge in [0.25, 0.3) is 0 Å². The summed E-state index contributed by atoms with van der Waals surface area (Å²) in [6, 6.07) is 10.5. The molecule has 7 rings (SSSR count). The maximum Gasteiger partial charge on any atom is 0.302 e. The Balaban J connectivity index is 1.45. The molecule has 7 heterocycles. The highest BCUT2D eigenvalue weighted by atomic mass is 16.6. The van der Waals surface area contributed by atoms with Crippen LogP contribution >= 0.6 is 0 Å². The second-order valence-corrected chi connectivity index (χ2v) is 15.5. The number of aromatic amines is 2. The number of ether oxygens (including phenoxy) is 4. The third-order valence-corrected chi connectivity index (χ3v) is 11.5. The molecule has 14 nitrogen and oxygen atoms in total. The minimum atomic E-state index is -1.43. The zero-order valence-corrected chi connectivity index (χ0v) is 31.6. The van der Waals surface area contributed by atoms with Crippen molar-refractivity contribution >= 4 is 45.6 Å². The second-order valence-electron chi connectivity index (χ2n) is 15.5. The Morgan fingerprint density at radius 2 is 1.11 bits per heavy atom. The number of hydrogen-bond donors (Lipinski definition) is 4. The van der Waals surface area contributed by atoms with E-state index in [1.54, 1.807) is 52.0 Å². The van der Waals surface area contributed by atoms with Crippen molar-refractivity contribution in [3.05, 3.63) is 70.3 Å². The molecule has 2 unspecified atom stereocenters. The van der Waals surface area contributed by atoms with E-state index in [2.05, 4.69) is 9.97 Å². The Labute approximate surface area is 311 Å². The molecule has 0 amide bonds. The Kier molecular flexibility index (Phi) is 9.40. The van der Waals surface area contributed by atoms with Crippen molar-refractivity contribution in [2.75, 3.05) is 0 Å². The fourth-order valence-corrected chi connectivity index (χ4v) is 8.28. The summed E-state index contributed by atoms with van der Waals surface area (Å²) in [5, 5.41) is 21.3. The van der Waals surface area contributed by atoms with E-state index in [9.17, 15) is 29.4 Å². The number of fused-ring (bicyclic) bond motifs is 8. The fourth-order valence-electron chi connectivity index (χ4n) is 8.28. The van der Waals surface area contributed by atoms with E-state index in [0.29, 0.717) is 33.5 Å². The van der Waals surface area contributed by atoms with Crippen LogP contribution in [-0.4, -0.2) is 102 Å². The van der Waals surface area contributed by atoms with E-state index < -0.39 is 71.6 Å². The molecule has 2 saturated heterocycles. The lowest BCUT2D eigenvalue weighted by Gasteiger charge is -2.44. The molecule has 2 fully saturated rings. The molecule has 3 aromatic rings. The SMILES string of the molecule is CC(=O)O[C@H]1C[C@H](O)[C@H](C)O[C@@H]1C1(C)C(=O)c2cc3cc(C)c(cc4nc(cc5[nH]c(cc1n2)cc5C)C(=O)C4(C)[C@H]1O[C@@H](C)[C@@H](O)C[C@@H]1OC(C)=O)[nH]3. The van der Waals surface area contributed by atoms with Crippen LogP contribution in [-0.2, 0) is 39.4 Å². The molecule has 54 heavy (non-hydrogen) atoms. The van der Waals surface area contributed by atoms with Gasteiger partial charge in [0, 0.05) is 48.8 Å². The van der Waals surface area contributed by atoms with Gasteiger partial charge >= 0.3 is 11.9 Å². The number of aromatic nitrogens is 4. The monoisotopic (exact) mass is 742 g/mol. The van der Waals surface area contributed by atoms with Crippen LogP contribution in [0.1, 0.15) is 97.9 Å². The Morgan fingerprint density at radius 3 is 1.57 bits per heavy atom. The first-order valence-corrected chi connectivity index (χ1v) is 18.2. The molecule has 0 aromatic carbocycles. The first-order chi connectivity index (χ1) is 25.4. The average Bonchev–Trinajstić information content (AvgIpc) is 3.76. The van der Waals surface area contributed by atoms with Gasteiger partial charge < -0.3 is 39.1 Å². The molecule has 3 aromatic heterocycles. The number of aliphatic hydroxyl groups is 2. The predicted octanol–water partition coefficient (Wildman–Crippen LogP) is 4.15. The van der Waals surface area contributed by atoms with Gasteiger partial charge in [-0.3, -0.25) is 19.2 Å². The largest absolute Gasteiger partial charge is 0.460 e. The molecule has 4 aliphatic rings. The van der Waals surface area contributed by atoms with E-state index in [-0.39, 0.29) is 35.8 Å². The summed E-state index contributed by atoms with van der Waals surface area (Å²) < 4.78 is 23.9. The highest BCUT2D eigenvalue weighted by Crippen LogP contribution is 2.44. The molecule has 0 spiro atoms. The van der Waals surface area contributed by atoms with E-state index in [0.717, 1.165) is 11.1 Å². The van der Waals surface area contributed by atoms with Gasteiger partial charge in [-0.25, -0.2) is 9.97 Å². The maximum atomic E-state index is 14.7. The van der Waals surface area contributed by atoms with Gasteiger partial charge in [0.05, 0.1) is 35.8 Å². The topological polar surface area (TPSA) is 203 Å². The number of ketones is 2. The third kappa shape index (κ3) is 6.24. The molecule has 14 heteroatoms. The predicted molar refractivity (Wildman–Crippen MR) is 195 cm³/mol. The number of aliphatic hydroxyl groups excluding tert-OH is 2. The summed E-state index contributed by atoms with van der Waals surface area (Å²) in [6.45, 7) is 13.1. The smallest absolute Gasteiger partial charge is 0.302 e. The molecule has 4 N–H and O–H groups in total. The standard InChI is InChI=1S/C40H46N4O10/c1-17-10-24-12-33-39(7,37-31(53-21(5)45)15-29(47)19(3)51-37)35(49)27(43-33)11-23-9-18(2)26(41-23)14-34-40(8,36(50)28(44-34)13-25(17)42-24)38-32(54-22(6)46)16-30(48)20(4)52-38/h9-14,19-20,29-32,37-38,41-42,47-48H,15-16H2,1-8H3/t19-,20-,29-,30-,31-,32-,37-,38-,39?,40?/m0/s1. The van der Waals surface area contributed by atoms with Crippen molar-refractivity contribution in [3.63, 3.8) is 0 Å². The molecule has 8 bridgehead atoms. The van der Waals surface area contributed by atoms with Gasteiger partial charge in [0.1, 0.15) is 46.6 Å². The Hall–Kier alpha value is -4.76. The van der Waals surface area contributed by atoms with Crippen LogP contribution in [0.25, 0.3) is 22.1 Å². The first kappa shape index (κ1) is 37.6. The summed E-state index contributed by atoms with van der Waals surface area (Å²) in [6.07, 6.45) is -6.74. The lowest BCUT2D eigenvalue weighted by atomic mass is 9.73. The van der Waals surface area contributed by atoms with Crippen LogP contribution in [0.5, 0.6) is 0 Å². The number of esters is 2. The van der Waals surface area contributed by atoms with E-state index in [1.165, 1.54) is 13.8 Å². The number of rotatable bonds is 4. The number of carbonyl (C=O) groups is 4. The number of H-pyrrole nitrogens is 2. The number of nitrogens with one attached hydrogen (secondary N) is 2. The highest BCUT2D eigenvalue weighted by molar-refractivity contribution is 6.07. The van der Waals surface area contributed by atoms with Crippen molar-refractivity contribution < 1.29 is 48.3 Å². The van der Waals surface area contributed by atoms with Crippen molar-refractivity contribution in [3.8, 4) is 0 Å². The quantitative estimate of drug-likeness (QED) is 0.279. The molecule has 4 aliphatic heterocycles. The van der Waals surface area contributed by atoms with Gasteiger partial charge in [0.15, 0.2) is 11.6 Å². The highest BCUT2D eigenvalue weighted by Gasteiger charge is 2.57. The zero-order chi connectivity index (χ0) is 39.0. The second kappa shape index (κ2) is 13.5. The molecular weight excluding hydrogens is 696 g/mol. The summed E-state index contributed by atoms with van der Waals surface area (Å²) in [4.78, 5) is 70.1. The van der Waals surface area contributed by atoms with Crippen LogP contribution < -0.4 is 0 Å². The van der Waals surface area contributed by atoms with Crippen molar-refractivity contribution in [2.24, 2.45) is 0 Å². The van der Waals surface area contributed by atoms with E-state index in [1.807, 2.05) is 26.0 Å². The van der Waals surface area contributed by atoms with Gasteiger partial charge in [-0.1, -0.05) is 0 Å². The van der Waals surface area contributed by atoms with Crippen LogP contribution in [0.15, 0.2) is 36.4 Å². The molecular formula is C40H46N4O10. The number of carbonyl (C=O) groups excluding carboxylic acids is 4. The first-order valence-electron chi connectivity index (χ1n) is 18.2.